The first-order chi connectivity index (χ1) is 19.9. The summed E-state index contributed by atoms with van der Waals surface area (Å²) in [7, 11) is -0.847. The predicted molar refractivity (Wildman–Crippen MR) is 175 cm³/mol. The average molecular weight is 553 g/mol. The molecule has 1 heterocycles. The van der Waals surface area contributed by atoms with E-state index in [1.165, 1.54) is 60.9 Å². The van der Waals surface area contributed by atoms with Crippen LogP contribution in [0.5, 0.6) is 0 Å². The van der Waals surface area contributed by atoms with Crippen molar-refractivity contribution >= 4 is 19.0 Å². The molecule has 1 aliphatic rings. The van der Waals surface area contributed by atoms with Gasteiger partial charge in [0.25, 0.3) is 0 Å². The quantitative estimate of drug-likeness (QED) is 0.198. The van der Waals surface area contributed by atoms with Crippen molar-refractivity contribution in [2.75, 3.05) is 0 Å². The number of carbonyl (C=O) groups is 1. The Morgan fingerprint density at radius 3 is 1.24 bits per heavy atom. The van der Waals surface area contributed by atoms with E-state index in [9.17, 15) is 4.79 Å². The minimum absolute atomic E-state index is 0.142. The van der Waals surface area contributed by atoms with Crippen LogP contribution < -0.4 is 5.30 Å². The maximum absolute atomic E-state index is 13.8. The molecule has 0 bridgehead atoms. The first-order valence-electron chi connectivity index (χ1n) is 14.6. The molecule has 0 aromatic heterocycles. The number of aryl methyl sites for hydroxylation is 4. The zero-order valence-electron chi connectivity index (χ0n) is 24.4. The summed E-state index contributed by atoms with van der Waals surface area (Å²) in [5.41, 5.74) is 13.2. The van der Waals surface area contributed by atoms with E-state index in [4.69, 9.17) is 0 Å². The highest BCUT2D eigenvalue weighted by Crippen LogP contribution is 2.69. The van der Waals surface area contributed by atoms with Crippen LogP contribution in [0.1, 0.15) is 57.5 Å². The number of hydrogen-bond donors (Lipinski definition) is 0. The fourth-order valence-corrected chi connectivity index (χ4v) is 11.1. The topological polar surface area (TPSA) is 17.1 Å². The molecule has 6 rings (SSSR count). The largest absolute Gasteiger partial charge is 0.300 e. The van der Waals surface area contributed by atoms with Crippen LogP contribution in [0.4, 0.5) is 0 Å². The molecule has 204 valence electrons. The van der Waals surface area contributed by atoms with E-state index in [1.807, 2.05) is 0 Å². The third kappa shape index (κ3) is 5.20. The molecule has 2 atom stereocenters. The lowest BCUT2D eigenvalue weighted by molar-refractivity contribution is -0.119. The van der Waals surface area contributed by atoms with Crippen molar-refractivity contribution in [2.45, 2.75) is 51.9 Å². The van der Waals surface area contributed by atoms with Crippen molar-refractivity contribution in [2.24, 2.45) is 0 Å². The Morgan fingerprint density at radius 1 is 0.488 bits per heavy atom. The summed E-state index contributed by atoms with van der Waals surface area (Å²) in [4.78, 5) is 13.8. The third-order valence-corrected chi connectivity index (χ3v) is 12.0. The molecular weight excluding hydrogens is 515 g/mol. The first kappa shape index (κ1) is 27.4. The molecule has 0 saturated carbocycles. The molecule has 0 amide bonds. The van der Waals surface area contributed by atoms with Crippen molar-refractivity contribution in [1.82, 2.24) is 0 Å². The summed E-state index contributed by atoms with van der Waals surface area (Å²) >= 11 is 0. The molecule has 1 fully saturated rings. The maximum Gasteiger partial charge on any atom is 0.134 e. The molecule has 5 aromatic rings. The van der Waals surface area contributed by atoms with Crippen LogP contribution in [-0.4, -0.2) is 5.78 Å². The normalized spacial score (nSPS) is 18.8. The summed E-state index contributed by atoms with van der Waals surface area (Å²) in [5, 5.41) is 1.42. The second kappa shape index (κ2) is 11.6. The molecule has 0 N–H and O–H groups in total. The van der Waals surface area contributed by atoms with Gasteiger partial charge in [0, 0.05) is 24.2 Å². The van der Waals surface area contributed by atoms with Crippen LogP contribution in [0, 0.1) is 27.7 Å². The average Bonchev–Trinajstić information content (AvgIpc) is 2.98. The Labute approximate surface area is 246 Å². The van der Waals surface area contributed by atoms with Gasteiger partial charge in [-0.2, -0.15) is 0 Å². The molecule has 5 aromatic carbocycles. The van der Waals surface area contributed by atoms with E-state index in [0.717, 1.165) is 0 Å². The fourth-order valence-electron chi connectivity index (χ4n) is 6.95. The minimum atomic E-state index is -0.847. The van der Waals surface area contributed by atoms with E-state index in [-0.39, 0.29) is 11.3 Å². The number of ketones is 1. The van der Waals surface area contributed by atoms with Gasteiger partial charge in [0.1, 0.15) is 5.78 Å². The van der Waals surface area contributed by atoms with Crippen molar-refractivity contribution in [1.29, 1.82) is 0 Å². The summed E-state index contributed by atoms with van der Waals surface area (Å²) in [6, 6.07) is 41.7. The third-order valence-electron chi connectivity index (χ3n) is 8.73. The lowest BCUT2D eigenvalue weighted by atomic mass is 9.92. The van der Waals surface area contributed by atoms with Gasteiger partial charge in [0.15, 0.2) is 0 Å². The van der Waals surface area contributed by atoms with Crippen molar-refractivity contribution < 1.29 is 4.79 Å². The van der Waals surface area contributed by atoms with Gasteiger partial charge in [-0.25, -0.2) is 0 Å². The summed E-state index contributed by atoms with van der Waals surface area (Å²) in [6.07, 6.45) is 1.19. The number of rotatable bonds is 5. The van der Waals surface area contributed by atoms with Crippen LogP contribution in [0.2, 0.25) is 0 Å². The zero-order chi connectivity index (χ0) is 28.5. The monoisotopic (exact) mass is 552 g/mol. The second-order valence-electron chi connectivity index (χ2n) is 11.4. The van der Waals surface area contributed by atoms with E-state index in [0.29, 0.717) is 18.6 Å². The van der Waals surface area contributed by atoms with Gasteiger partial charge < -0.3 is 0 Å². The van der Waals surface area contributed by atoms with Gasteiger partial charge in [-0.3, -0.25) is 4.79 Å². The van der Waals surface area contributed by atoms with Crippen LogP contribution >= 0.6 is 7.92 Å². The molecule has 0 aliphatic carbocycles. The first-order valence-corrected chi connectivity index (χ1v) is 16.1. The molecule has 41 heavy (non-hydrogen) atoms. The molecule has 0 radical (unpaired) electrons. The highest BCUT2D eigenvalue weighted by atomic mass is 31.1. The van der Waals surface area contributed by atoms with Gasteiger partial charge in [-0.1, -0.05) is 123 Å². The summed E-state index contributed by atoms with van der Waals surface area (Å²) in [6.45, 7) is 8.91. The van der Waals surface area contributed by atoms with E-state index in [2.05, 4.69) is 143 Å². The predicted octanol–water partition coefficient (Wildman–Crippen LogP) is 10.2. The Morgan fingerprint density at radius 2 is 0.854 bits per heavy atom. The standard InChI is InChI=1S/C39H37OP/c1-26-14-11-15-27(2)37(26)35-24-32(40)25-36(38-28(3)16-12-17-29(38)4)41(35)39-33(30-18-7-5-8-19-30)22-13-23-34(39)31-20-9-6-10-21-31/h5-23,35-36H,24-25H2,1-4H3. The maximum atomic E-state index is 13.8. The number of hydrogen-bond acceptors (Lipinski definition) is 1. The smallest absolute Gasteiger partial charge is 0.134 e. The number of carbonyl (C=O) groups excluding carboxylic acids is 1. The van der Waals surface area contributed by atoms with Crippen molar-refractivity contribution in [3.63, 3.8) is 0 Å². The fraction of sp³-hybridized carbons (Fsp3) is 0.205. The molecule has 2 heteroatoms. The van der Waals surface area contributed by atoms with Gasteiger partial charge in [-0.05, 0) is 88.6 Å². The van der Waals surface area contributed by atoms with E-state index >= 15 is 0 Å². The SMILES string of the molecule is Cc1cccc(C)c1C1CC(=O)CC(c2c(C)cccc2C)P1c1c(-c2ccccc2)cccc1-c1ccccc1. The molecule has 2 unspecified atom stereocenters. The summed E-state index contributed by atoms with van der Waals surface area (Å²) < 4.78 is 0. The lowest BCUT2D eigenvalue weighted by Crippen LogP contribution is -2.27. The van der Waals surface area contributed by atoms with Crippen molar-refractivity contribution in [3.8, 4) is 22.3 Å². The minimum Gasteiger partial charge on any atom is -0.300 e. The van der Waals surface area contributed by atoms with Crippen LogP contribution in [0.25, 0.3) is 22.3 Å². The Hall–Kier alpha value is -3.80. The van der Waals surface area contributed by atoms with Gasteiger partial charge in [0.05, 0.1) is 0 Å². The van der Waals surface area contributed by atoms with Crippen LogP contribution in [0.3, 0.4) is 0 Å². The van der Waals surface area contributed by atoms with E-state index in [1.54, 1.807) is 0 Å². The van der Waals surface area contributed by atoms with E-state index < -0.39 is 7.92 Å². The molecular formula is C39H37OP. The number of benzene rings is 5. The van der Waals surface area contributed by atoms with Gasteiger partial charge in [0.2, 0.25) is 0 Å². The van der Waals surface area contributed by atoms with Crippen LogP contribution in [-0.2, 0) is 4.79 Å². The second-order valence-corrected chi connectivity index (χ2v) is 13.9. The highest BCUT2D eigenvalue weighted by molar-refractivity contribution is 7.67. The highest BCUT2D eigenvalue weighted by Gasteiger charge is 2.43. The Balaban J connectivity index is 1.72. The lowest BCUT2D eigenvalue weighted by Gasteiger charge is -2.43. The molecule has 1 aliphatic heterocycles. The van der Waals surface area contributed by atoms with Crippen LogP contribution in [0.15, 0.2) is 115 Å². The number of Topliss-reactive ketones (excluding diaryl/α,β-unsaturated/α-hetero) is 1. The molecule has 1 nitrogen and oxygen atoms in total. The molecule has 0 spiro atoms. The summed E-state index contributed by atoms with van der Waals surface area (Å²) in [5.74, 6) is 0.377. The zero-order valence-corrected chi connectivity index (χ0v) is 25.3. The van der Waals surface area contributed by atoms with Gasteiger partial charge in [-0.15, -0.1) is 0 Å². The molecule has 1 saturated heterocycles. The Bertz CT molecular complexity index is 1540. The van der Waals surface area contributed by atoms with Crippen molar-refractivity contribution in [3.05, 3.63) is 149 Å². The Kier molecular flexibility index (Phi) is 7.74. The van der Waals surface area contributed by atoms with Gasteiger partial charge >= 0.3 is 0 Å².